The zero-order valence-electron chi connectivity index (χ0n) is 15.0. The highest BCUT2D eigenvalue weighted by atomic mass is 19.3. The van der Waals surface area contributed by atoms with Gasteiger partial charge in [0.15, 0.2) is 11.5 Å². The van der Waals surface area contributed by atoms with E-state index >= 15 is 0 Å². The molecule has 0 bridgehead atoms. The maximum Gasteiger partial charge on any atom is 0.387 e. The fourth-order valence-corrected chi connectivity index (χ4v) is 2.70. The quantitative estimate of drug-likeness (QED) is 0.580. The van der Waals surface area contributed by atoms with Crippen LogP contribution in [0.3, 0.4) is 0 Å². The molecule has 1 aliphatic heterocycles. The topological polar surface area (TPSA) is 67.9 Å². The van der Waals surface area contributed by atoms with Gasteiger partial charge in [0.1, 0.15) is 0 Å². The summed E-state index contributed by atoms with van der Waals surface area (Å²) < 4.78 is 34.8. The Kier molecular flexibility index (Phi) is 5.88. The highest BCUT2D eigenvalue weighted by Gasteiger charge is 2.24. The van der Waals surface area contributed by atoms with E-state index < -0.39 is 12.5 Å². The van der Waals surface area contributed by atoms with E-state index in [1.54, 1.807) is 35.2 Å². The van der Waals surface area contributed by atoms with E-state index in [4.69, 9.17) is 4.74 Å². The van der Waals surface area contributed by atoms with Crippen LogP contribution in [0, 0.1) is 0 Å². The number of alkyl halides is 2. The molecule has 3 rings (SSSR count). The van der Waals surface area contributed by atoms with Crippen LogP contribution in [0.5, 0.6) is 11.5 Å². The molecule has 0 atom stereocenters. The van der Waals surface area contributed by atoms with Gasteiger partial charge in [-0.3, -0.25) is 9.59 Å². The fraction of sp³-hybridized carbons (Fsp3) is 0.200. The van der Waals surface area contributed by atoms with Gasteiger partial charge in [-0.1, -0.05) is 12.1 Å². The van der Waals surface area contributed by atoms with Crippen LogP contribution in [-0.2, 0) is 9.59 Å². The molecule has 0 aromatic heterocycles. The molecule has 1 saturated heterocycles. The van der Waals surface area contributed by atoms with E-state index in [0.717, 1.165) is 5.69 Å². The van der Waals surface area contributed by atoms with Gasteiger partial charge in [0, 0.05) is 36.0 Å². The summed E-state index contributed by atoms with van der Waals surface area (Å²) in [6.45, 7) is -2.33. The SMILES string of the molecule is COc1cccc(C=CC(=O)Nc2ccc(N3CCC3=O)cc2)c1OC(F)F. The Labute approximate surface area is 160 Å². The van der Waals surface area contributed by atoms with Crippen molar-refractivity contribution >= 4 is 29.3 Å². The number of nitrogens with one attached hydrogen (secondary N) is 1. The van der Waals surface area contributed by atoms with Crippen LogP contribution in [0.2, 0.25) is 0 Å². The van der Waals surface area contributed by atoms with Crippen LogP contribution in [0.1, 0.15) is 12.0 Å². The van der Waals surface area contributed by atoms with E-state index in [0.29, 0.717) is 18.7 Å². The molecule has 0 unspecified atom stereocenters. The molecule has 2 amide bonds. The molecule has 6 nitrogen and oxygen atoms in total. The van der Waals surface area contributed by atoms with Crippen molar-refractivity contribution in [2.24, 2.45) is 0 Å². The Morgan fingerprint density at radius 1 is 1.21 bits per heavy atom. The first-order valence-corrected chi connectivity index (χ1v) is 8.49. The fourth-order valence-electron chi connectivity index (χ4n) is 2.70. The third-order valence-corrected chi connectivity index (χ3v) is 4.15. The van der Waals surface area contributed by atoms with Crippen LogP contribution in [0.4, 0.5) is 20.2 Å². The van der Waals surface area contributed by atoms with Crippen molar-refractivity contribution in [3.8, 4) is 11.5 Å². The Hall–Kier alpha value is -3.42. The van der Waals surface area contributed by atoms with E-state index in [-0.39, 0.29) is 23.0 Å². The van der Waals surface area contributed by atoms with Gasteiger partial charge in [-0.2, -0.15) is 8.78 Å². The van der Waals surface area contributed by atoms with Gasteiger partial charge < -0.3 is 19.7 Å². The summed E-state index contributed by atoms with van der Waals surface area (Å²) in [4.78, 5) is 25.2. The average Bonchev–Trinajstić information content (AvgIpc) is 2.67. The Morgan fingerprint density at radius 3 is 2.54 bits per heavy atom. The summed E-state index contributed by atoms with van der Waals surface area (Å²) in [7, 11) is 1.34. The minimum Gasteiger partial charge on any atom is -0.493 e. The van der Waals surface area contributed by atoms with Gasteiger partial charge in [0.25, 0.3) is 0 Å². The number of hydrogen-bond donors (Lipinski definition) is 1. The second-order valence-electron chi connectivity index (χ2n) is 5.92. The molecule has 1 aliphatic rings. The Balaban J connectivity index is 1.67. The summed E-state index contributed by atoms with van der Waals surface area (Å²) in [5, 5.41) is 2.66. The lowest BCUT2D eigenvalue weighted by molar-refractivity contribution is -0.122. The molecule has 8 heteroatoms. The Morgan fingerprint density at radius 2 is 1.96 bits per heavy atom. The number of halogens is 2. The van der Waals surface area contributed by atoms with E-state index in [1.165, 1.54) is 31.4 Å². The van der Waals surface area contributed by atoms with Gasteiger partial charge in [-0.05, 0) is 36.4 Å². The van der Waals surface area contributed by atoms with Crippen molar-refractivity contribution in [2.75, 3.05) is 23.9 Å². The first-order valence-electron chi connectivity index (χ1n) is 8.49. The number of ether oxygens (including phenoxy) is 2. The smallest absolute Gasteiger partial charge is 0.387 e. The van der Waals surface area contributed by atoms with Gasteiger partial charge in [-0.15, -0.1) is 0 Å². The van der Waals surface area contributed by atoms with Crippen LogP contribution < -0.4 is 19.7 Å². The number of hydrogen-bond acceptors (Lipinski definition) is 4. The molecule has 0 aliphatic carbocycles. The summed E-state index contributed by atoms with van der Waals surface area (Å²) in [5.41, 5.74) is 1.59. The summed E-state index contributed by atoms with van der Waals surface area (Å²) in [5.74, 6) is -0.384. The molecule has 1 N–H and O–H groups in total. The van der Waals surface area contributed by atoms with Crippen molar-refractivity contribution in [1.29, 1.82) is 0 Å². The third-order valence-electron chi connectivity index (χ3n) is 4.15. The van der Waals surface area contributed by atoms with Crippen molar-refractivity contribution in [3.05, 3.63) is 54.1 Å². The molecule has 0 spiro atoms. The van der Waals surface area contributed by atoms with Crippen molar-refractivity contribution < 1.29 is 27.8 Å². The monoisotopic (exact) mass is 388 g/mol. The van der Waals surface area contributed by atoms with Gasteiger partial charge in [0.05, 0.1) is 7.11 Å². The van der Waals surface area contributed by atoms with Crippen LogP contribution in [0.25, 0.3) is 6.08 Å². The molecular formula is C20H18F2N2O4. The predicted octanol–water partition coefficient (Wildman–Crippen LogP) is 3.69. The maximum absolute atomic E-state index is 12.6. The van der Waals surface area contributed by atoms with Gasteiger partial charge >= 0.3 is 6.61 Å². The number of benzene rings is 2. The zero-order chi connectivity index (χ0) is 20.1. The van der Waals surface area contributed by atoms with Crippen molar-refractivity contribution in [2.45, 2.75) is 13.0 Å². The molecule has 146 valence electrons. The summed E-state index contributed by atoms with van der Waals surface area (Å²) in [6.07, 6.45) is 3.12. The van der Waals surface area contributed by atoms with Crippen LogP contribution in [-0.4, -0.2) is 32.1 Å². The Bertz CT molecular complexity index is 898. The number of amides is 2. The second kappa shape index (κ2) is 8.51. The first-order chi connectivity index (χ1) is 13.5. The number of rotatable bonds is 7. The molecule has 1 heterocycles. The van der Waals surface area contributed by atoms with Crippen molar-refractivity contribution in [1.82, 2.24) is 0 Å². The average molecular weight is 388 g/mol. The predicted molar refractivity (Wildman–Crippen MR) is 101 cm³/mol. The molecule has 28 heavy (non-hydrogen) atoms. The molecule has 1 fully saturated rings. The van der Waals surface area contributed by atoms with Crippen LogP contribution >= 0.6 is 0 Å². The summed E-state index contributed by atoms with van der Waals surface area (Å²) in [6, 6.07) is 11.5. The molecule has 2 aromatic rings. The normalized spacial score (nSPS) is 13.6. The zero-order valence-corrected chi connectivity index (χ0v) is 15.0. The van der Waals surface area contributed by atoms with Gasteiger partial charge in [0.2, 0.25) is 11.8 Å². The molecular weight excluding hydrogens is 370 g/mol. The number of anilines is 2. The standard InChI is InChI=1S/C20H18F2N2O4/c1-27-16-4-2-3-13(19(16)28-20(21)22)5-10-17(25)23-14-6-8-15(9-7-14)24-12-11-18(24)26/h2-10,20H,11-12H2,1H3,(H,23,25). The third kappa shape index (κ3) is 4.46. The molecule has 2 aromatic carbocycles. The number of para-hydroxylation sites is 1. The number of carbonyl (C=O) groups is 2. The first kappa shape index (κ1) is 19.3. The number of nitrogens with zero attached hydrogens (tertiary/aromatic N) is 1. The van der Waals surface area contributed by atoms with E-state index in [1.807, 2.05) is 0 Å². The lowest BCUT2D eigenvalue weighted by Gasteiger charge is -2.30. The van der Waals surface area contributed by atoms with Crippen LogP contribution in [0.15, 0.2) is 48.5 Å². The lowest BCUT2D eigenvalue weighted by Crippen LogP contribution is -2.43. The number of methoxy groups -OCH3 is 1. The van der Waals surface area contributed by atoms with Crippen molar-refractivity contribution in [3.63, 3.8) is 0 Å². The maximum atomic E-state index is 12.6. The molecule has 0 saturated carbocycles. The molecule has 0 radical (unpaired) electrons. The number of β-lactam (4-membered cyclic amide) rings is 1. The largest absolute Gasteiger partial charge is 0.493 e. The second-order valence-corrected chi connectivity index (χ2v) is 5.92. The number of carbonyl (C=O) groups excluding carboxylic acids is 2. The highest BCUT2D eigenvalue weighted by Crippen LogP contribution is 2.33. The van der Waals surface area contributed by atoms with E-state index in [9.17, 15) is 18.4 Å². The minimum atomic E-state index is -3.02. The van der Waals surface area contributed by atoms with E-state index in [2.05, 4.69) is 10.1 Å². The minimum absolute atomic E-state index is 0.0693. The van der Waals surface area contributed by atoms with Gasteiger partial charge in [-0.25, -0.2) is 0 Å². The highest BCUT2D eigenvalue weighted by molar-refractivity contribution is 6.03. The lowest BCUT2D eigenvalue weighted by atomic mass is 10.1. The summed E-state index contributed by atoms with van der Waals surface area (Å²) >= 11 is 0.